The van der Waals surface area contributed by atoms with E-state index in [0.717, 1.165) is 0 Å². The molecular weight excluding hydrogens is 156 g/mol. The normalized spacial score (nSPS) is 10.1. The molecular formula is C7H8N4O. The van der Waals surface area contributed by atoms with Gasteiger partial charge in [0.15, 0.2) is 0 Å². The molecule has 5 heteroatoms. The van der Waals surface area contributed by atoms with Gasteiger partial charge in [-0.15, -0.1) is 5.11 Å². The molecule has 12 heavy (non-hydrogen) atoms. The molecule has 5 nitrogen and oxygen atoms in total. The van der Waals surface area contributed by atoms with Crippen molar-refractivity contribution in [1.29, 1.82) is 0 Å². The number of hydrogen-bond acceptors (Lipinski definition) is 3. The Bertz CT molecular complexity index is 283. The van der Waals surface area contributed by atoms with Gasteiger partial charge in [0.05, 0.1) is 5.69 Å². The molecule has 0 saturated heterocycles. The van der Waals surface area contributed by atoms with E-state index in [4.69, 9.17) is 5.84 Å². The third-order valence-corrected chi connectivity index (χ3v) is 1.14. The lowest BCUT2D eigenvalue weighted by molar-refractivity contribution is 0.248. The van der Waals surface area contributed by atoms with E-state index in [1.165, 1.54) is 0 Å². The van der Waals surface area contributed by atoms with Gasteiger partial charge in [0.25, 0.3) is 0 Å². The summed E-state index contributed by atoms with van der Waals surface area (Å²) in [5.74, 6) is 4.78. The van der Waals surface area contributed by atoms with E-state index in [0.29, 0.717) is 5.69 Å². The molecule has 0 radical (unpaired) electrons. The number of urea groups is 1. The smallest absolute Gasteiger partial charge is 0.273 e. The first-order valence-electron chi connectivity index (χ1n) is 3.30. The predicted octanol–water partition coefficient (Wildman–Crippen LogP) is 1.35. The largest absolute Gasteiger partial charge is 0.373 e. The van der Waals surface area contributed by atoms with Crippen molar-refractivity contribution in [2.45, 2.75) is 0 Å². The summed E-state index contributed by atoms with van der Waals surface area (Å²) in [4.78, 5) is 10.5. The van der Waals surface area contributed by atoms with Crippen molar-refractivity contribution in [3.63, 3.8) is 0 Å². The van der Waals surface area contributed by atoms with Gasteiger partial charge in [-0.1, -0.05) is 23.3 Å². The Morgan fingerprint density at radius 3 is 2.58 bits per heavy atom. The molecule has 1 aromatic carbocycles. The summed E-state index contributed by atoms with van der Waals surface area (Å²) in [5, 5.41) is 6.87. The third-order valence-electron chi connectivity index (χ3n) is 1.14. The fraction of sp³-hybridized carbons (Fsp3) is 0. The van der Waals surface area contributed by atoms with Crippen molar-refractivity contribution >= 4 is 11.7 Å². The quantitative estimate of drug-likeness (QED) is 0.284. The standard InChI is InChI=1S/C7H8N4O/c8-9-7(12)11-10-6-4-2-1-3-5-6/h1-5H,8H2,(H,9,12). The van der Waals surface area contributed by atoms with Crippen LogP contribution in [0.4, 0.5) is 10.5 Å². The zero-order valence-corrected chi connectivity index (χ0v) is 6.27. The van der Waals surface area contributed by atoms with Crippen molar-refractivity contribution < 1.29 is 4.79 Å². The minimum Gasteiger partial charge on any atom is -0.273 e. The monoisotopic (exact) mass is 164 g/mol. The fourth-order valence-electron chi connectivity index (χ4n) is 0.627. The van der Waals surface area contributed by atoms with Crippen molar-refractivity contribution in [3.05, 3.63) is 30.3 Å². The molecule has 2 amide bonds. The molecule has 0 bridgehead atoms. The van der Waals surface area contributed by atoms with E-state index >= 15 is 0 Å². The zero-order chi connectivity index (χ0) is 8.81. The molecule has 0 fully saturated rings. The first-order valence-corrected chi connectivity index (χ1v) is 3.30. The Morgan fingerprint density at radius 2 is 2.00 bits per heavy atom. The molecule has 0 saturated carbocycles. The average Bonchev–Trinajstić information content (AvgIpc) is 2.16. The molecule has 0 aliphatic rings. The van der Waals surface area contributed by atoms with Gasteiger partial charge >= 0.3 is 6.03 Å². The van der Waals surface area contributed by atoms with Crippen LogP contribution in [-0.2, 0) is 0 Å². The highest BCUT2D eigenvalue weighted by Crippen LogP contribution is 2.09. The molecule has 1 aromatic rings. The van der Waals surface area contributed by atoms with E-state index < -0.39 is 6.03 Å². The van der Waals surface area contributed by atoms with Crippen LogP contribution in [0.1, 0.15) is 0 Å². The highest BCUT2D eigenvalue weighted by Gasteiger charge is 1.90. The van der Waals surface area contributed by atoms with Gasteiger partial charge in [0.1, 0.15) is 0 Å². The van der Waals surface area contributed by atoms with Gasteiger partial charge in [-0.05, 0) is 12.1 Å². The third kappa shape index (κ3) is 2.47. The van der Waals surface area contributed by atoms with Gasteiger partial charge < -0.3 is 0 Å². The predicted molar refractivity (Wildman–Crippen MR) is 43.7 cm³/mol. The fourth-order valence-corrected chi connectivity index (χ4v) is 0.627. The second-order valence-corrected chi connectivity index (χ2v) is 1.99. The molecule has 62 valence electrons. The number of hydrazine groups is 1. The van der Waals surface area contributed by atoms with E-state index in [9.17, 15) is 4.79 Å². The minimum absolute atomic E-state index is 0.612. The minimum atomic E-state index is -0.668. The molecule has 0 aromatic heterocycles. The number of hydrogen-bond donors (Lipinski definition) is 2. The number of nitrogens with zero attached hydrogens (tertiary/aromatic N) is 2. The van der Waals surface area contributed by atoms with Crippen LogP contribution < -0.4 is 11.3 Å². The number of benzene rings is 1. The zero-order valence-electron chi connectivity index (χ0n) is 6.27. The number of nitrogens with two attached hydrogens (primary N) is 1. The van der Waals surface area contributed by atoms with Crippen LogP contribution in [0.3, 0.4) is 0 Å². The van der Waals surface area contributed by atoms with Crippen LogP contribution >= 0.6 is 0 Å². The SMILES string of the molecule is NNC(=O)N=Nc1ccccc1. The van der Waals surface area contributed by atoms with Crippen LogP contribution in [0, 0.1) is 0 Å². The van der Waals surface area contributed by atoms with Crippen LogP contribution in [0.5, 0.6) is 0 Å². The summed E-state index contributed by atoms with van der Waals surface area (Å²) in [6, 6.07) is 8.24. The van der Waals surface area contributed by atoms with Crippen molar-refractivity contribution in [2.24, 2.45) is 16.1 Å². The first-order chi connectivity index (χ1) is 5.83. The summed E-state index contributed by atoms with van der Waals surface area (Å²) in [5.41, 5.74) is 2.45. The maximum absolute atomic E-state index is 10.5. The lowest BCUT2D eigenvalue weighted by Crippen LogP contribution is -2.26. The van der Waals surface area contributed by atoms with Gasteiger partial charge in [-0.2, -0.15) is 0 Å². The Morgan fingerprint density at radius 1 is 1.33 bits per heavy atom. The van der Waals surface area contributed by atoms with Crippen LogP contribution in [-0.4, -0.2) is 6.03 Å². The van der Waals surface area contributed by atoms with E-state index in [-0.39, 0.29) is 0 Å². The number of nitrogens with one attached hydrogen (secondary N) is 1. The lowest BCUT2D eigenvalue weighted by atomic mass is 10.3. The molecule has 0 heterocycles. The van der Waals surface area contributed by atoms with E-state index in [1.54, 1.807) is 24.3 Å². The van der Waals surface area contributed by atoms with Crippen LogP contribution in [0.2, 0.25) is 0 Å². The van der Waals surface area contributed by atoms with Crippen LogP contribution in [0.15, 0.2) is 40.6 Å². The van der Waals surface area contributed by atoms with Gasteiger partial charge in [-0.3, -0.25) is 5.43 Å². The molecule has 1 rings (SSSR count). The number of carbonyl (C=O) groups excluding carboxylic acids is 1. The highest BCUT2D eigenvalue weighted by atomic mass is 16.2. The molecule has 0 aliphatic carbocycles. The first kappa shape index (κ1) is 8.35. The second-order valence-electron chi connectivity index (χ2n) is 1.99. The Hall–Kier alpha value is -1.75. The molecule has 3 N–H and O–H groups in total. The number of azo groups is 1. The van der Waals surface area contributed by atoms with Crippen molar-refractivity contribution in [2.75, 3.05) is 0 Å². The Balaban J connectivity index is 2.64. The summed E-state index contributed by atoms with van der Waals surface area (Å²) in [6.07, 6.45) is 0. The molecule has 0 spiro atoms. The topological polar surface area (TPSA) is 79.8 Å². The number of amides is 2. The maximum atomic E-state index is 10.5. The highest BCUT2D eigenvalue weighted by molar-refractivity contribution is 5.73. The Kier molecular flexibility index (Phi) is 2.92. The van der Waals surface area contributed by atoms with Gasteiger partial charge in [0, 0.05) is 0 Å². The lowest BCUT2D eigenvalue weighted by Gasteiger charge is -1.89. The summed E-state index contributed by atoms with van der Waals surface area (Å²) >= 11 is 0. The number of carbonyl (C=O) groups is 1. The summed E-state index contributed by atoms with van der Waals surface area (Å²) < 4.78 is 0. The van der Waals surface area contributed by atoms with Crippen LogP contribution in [0.25, 0.3) is 0 Å². The van der Waals surface area contributed by atoms with Gasteiger partial charge in [0.2, 0.25) is 0 Å². The maximum Gasteiger partial charge on any atom is 0.373 e. The molecule has 0 atom stereocenters. The molecule has 0 unspecified atom stereocenters. The van der Waals surface area contributed by atoms with Crippen molar-refractivity contribution in [3.8, 4) is 0 Å². The number of rotatable bonds is 1. The summed E-state index contributed by atoms with van der Waals surface area (Å²) in [6.45, 7) is 0. The Labute approximate surface area is 69.3 Å². The summed E-state index contributed by atoms with van der Waals surface area (Å²) in [7, 11) is 0. The van der Waals surface area contributed by atoms with Gasteiger partial charge in [-0.25, -0.2) is 10.6 Å². The van der Waals surface area contributed by atoms with Crippen molar-refractivity contribution in [1.82, 2.24) is 5.43 Å². The average molecular weight is 164 g/mol. The van der Waals surface area contributed by atoms with E-state index in [1.807, 2.05) is 11.5 Å². The van der Waals surface area contributed by atoms with E-state index in [2.05, 4.69) is 10.2 Å². The molecule has 0 aliphatic heterocycles. The second kappa shape index (κ2) is 4.20.